The van der Waals surface area contributed by atoms with Crippen molar-refractivity contribution >= 4 is 11.5 Å². The van der Waals surface area contributed by atoms with Crippen LogP contribution in [0.2, 0.25) is 0 Å². The summed E-state index contributed by atoms with van der Waals surface area (Å²) in [5.41, 5.74) is 2.27. The van der Waals surface area contributed by atoms with Crippen LogP contribution in [0, 0.1) is 12.1 Å². The second-order valence-electron chi connectivity index (χ2n) is 4.79. The number of esters is 1. The summed E-state index contributed by atoms with van der Waals surface area (Å²) in [7, 11) is 1.33. The van der Waals surface area contributed by atoms with E-state index in [-0.39, 0.29) is 0 Å². The topological polar surface area (TPSA) is 53.2 Å². The standard InChI is InChI=1S/C16H23NO3/c1-5-7-9-13(8-6-2)15-14(16(18)20-4)11-10-12(3)17(15)19/h9-11H,5-8H2,1-4H3/b13-9+. The molecule has 0 aliphatic heterocycles. The molecule has 4 nitrogen and oxygen atoms in total. The number of rotatable bonds is 6. The van der Waals surface area contributed by atoms with Crippen LogP contribution < -0.4 is 4.73 Å². The molecule has 110 valence electrons. The van der Waals surface area contributed by atoms with Crippen molar-refractivity contribution in [1.29, 1.82) is 0 Å². The van der Waals surface area contributed by atoms with Crippen LogP contribution in [0.4, 0.5) is 0 Å². The summed E-state index contributed by atoms with van der Waals surface area (Å²) in [5, 5.41) is 12.4. The molecular weight excluding hydrogens is 254 g/mol. The van der Waals surface area contributed by atoms with Gasteiger partial charge in [0.1, 0.15) is 5.56 Å². The first-order valence-electron chi connectivity index (χ1n) is 7.07. The molecule has 0 amide bonds. The lowest BCUT2D eigenvalue weighted by Crippen LogP contribution is -2.37. The van der Waals surface area contributed by atoms with Gasteiger partial charge in [-0.15, -0.1) is 0 Å². The molecule has 0 atom stereocenters. The lowest BCUT2D eigenvalue weighted by atomic mass is 9.99. The average molecular weight is 277 g/mol. The zero-order valence-electron chi connectivity index (χ0n) is 12.7. The first-order valence-corrected chi connectivity index (χ1v) is 7.07. The maximum Gasteiger partial charge on any atom is 0.344 e. The van der Waals surface area contributed by atoms with Gasteiger partial charge in [0.15, 0.2) is 5.69 Å². The molecule has 0 unspecified atom stereocenters. The number of unbranched alkanes of at least 4 members (excludes halogenated alkanes) is 1. The third kappa shape index (κ3) is 3.59. The van der Waals surface area contributed by atoms with Crippen LogP contribution in [-0.4, -0.2) is 13.1 Å². The Bertz CT molecular complexity index is 507. The normalized spacial score (nSPS) is 11.5. The number of aromatic nitrogens is 1. The number of methoxy groups -OCH3 is 1. The van der Waals surface area contributed by atoms with Crippen molar-refractivity contribution < 1.29 is 14.3 Å². The maximum absolute atomic E-state index is 12.4. The molecule has 1 aromatic rings. The molecule has 0 spiro atoms. The molecule has 4 heteroatoms. The second kappa shape index (κ2) is 7.68. The number of allylic oxidation sites excluding steroid dienone is 2. The van der Waals surface area contributed by atoms with E-state index in [2.05, 4.69) is 19.9 Å². The van der Waals surface area contributed by atoms with Gasteiger partial charge in [-0.1, -0.05) is 32.8 Å². The van der Waals surface area contributed by atoms with Gasteiger partial charge >= 0.3 is 5.97 Å². The van der Waals surface area contributed by atoms with E-state index in [1.54, 1.807) is 19.1 Å². The SMILES string of the molecule is CCC/C=C(\CCC)c1c(C(=O)OC)ccc(C)[n+]1[O-]. The van der Waals surface area contributed by atoms with Gasteiger partial charge in [0.2, 0.25) is 5.69 Å². The van der Waals surface area contributed by atoms with Gasteiger partial charge in [-0.3, -0.25) is 0 Å². The number of ether oxygens (including phenoxy) is 1. The minimum Gasteiger partial charge on any atom is -0.618 e. The molecule has 0 N–H and O–H groups in total. The highest BCUT2D eigenvalue weighted by atomic mass is 16.5. The fourth-order valence-electron chi connectivity index (χ4n) is 2.12. The van der Waals surface area contributed by atoms with Crippen LogP contribution in [0.3, 0.4) is 0 Å². The molecule has 1 rings (SSSR count). The van der Waals surface area contributed by atoms with Gasteiger partial charge in [-0.2, -0.15) is 4.73 Å². The van der Waals surface area contributed by atoms with E-state index >= 15 is 0 Å². The Morgan fingerprint density at radius 1 is 1.35 bits per heavy atom. The molecule has 0 saturated heterocycles. The predicted octanol–water partition coefficient (Wildman–Crippen LogP) is 3.40. The van der Waals surface area contributed by atoms with Crippen molar-refractivity contribution in [1.82, 2.24) is 0 Å². The third-order valence-electron chi connectivity index (χ3n) is 3.18. The summed E-state index contributed by atoms with van der Waals surface area (Å²) in [4.78, 5) is 11.9. The maximum atomic E-state index is 12.4. The molecule has 0 aromatic carbocycles. The molecule has 1 heterocycles. The zero-order chi connectivity index (χ0) is 15.1. The Morgan fingerprint density at radius 2 is 2.05 bits per heavy atom. The summed E-state index contributed by atoms with van der Waals surface area (Å²) in [5.74, 6) is -0.469. The predicted molar refractivity (Wildman–Crippen MR) is 79.3 cm³/mol. The number of hydrogen-bond acceptors (Lipinski definition) is 3. The minimum atomic E-state index is -0.469. The van der Waals surface area contributed by atoms with E-state index in [9.17, 15) is 10.0 Å². The Labute approximate surface area is 120 Å². The van der Waals surface area contributed by atoms with E-state index in [0.29, 0.717) is 17.0 Å². The first kappa shape index (κ1) is 16.2. The monoisotopic (exact) mass is 277 g/mol. The molecule has 1 aromatic heterocycles. The third-order valence-corrected chi connectivity index (χ3v) is 3.18. The molecular formula is C16H23NO3. The van der Waals surface area contributed by atoms with E-state index < -0.39 is 5.97 Å². The second-order valence-corrected chi connectivity index (χ2v) is 4.79. The highest BCUT2D eigenvalue weighted by Gasteiger charge is 2.24. The van der Waals surface area contributed by atoms with Gasteiger partial charge in [0.25, 0.3) is 0 Å². The molecule has 0 bridgehead atoms. The van der Waals surface area contributed by atoms with Gasteiger partial charge in [0.05, 0.1) is 7.11 Å². The Hall–Kier alpha value is -1.84. The Balaban J connectivity index is 3.44. The lowest BCUT2D eigenvalue weighted by Gasteiger charge is -2.13. The van der Waals surface area contributed by atoms with Crippen molar-refractivity contribution in [3.8, 4) is 0 Å². The van der Waals surface area contributed by atoms with Gasteiger partial charge in [0, 0.05) is 18.6 Å². The lowest BCUT2D eigenvalue weighted by molar-refractivity contribution is -0.615. The Kier molecular flexibility index (Phi) is 6.22. The molecule has 0 saturated carbocycles. The van der Waals surface area contributed by atoms with E-state index in [4.69, 9.17) is 4.74 Å². The van der Waals surface area contributed by atoms with Crippen LogP contribution in [0.1, 0.15) is 61.3 Å². The summed E-state index contributed by atoms with van der Waals surface area (Å²) >= 11 is 0. The van der Waals surface area contributed by atoms with Crippen LogP contribution in [0.25, 0.3) is 5.57 Å². The number of hydrogen-bond donors (Lipinski definition) is 0. The van der Waals surface area contributed by atoms with E-state index in [0.717, 1.165) is 36.0 Å². The van der Waals surface area contributed by atoms with Crippen LogP contribution in [-0.2, 0) is 4.74 Å². The van der Waals surface area contributed by atoms with E-state index in [1.165, 1.54) is 7.11 Å². The fraction of sp³-hybridized carbons (Fsp3) is 0.500. The summed E-state index contributed by atoms with van der Waals surface area (Å²) < 4.78 is 5.62. The number of aryl methyl sites for hydroxylation is 1. The van der Waals surface area contributed by atoms with Crippen molar-refractivity contribution in [2.45, 2.75) is 46.5 Å². The average Bonchev–Trinajstić information content (AvgIpc) is 2.45. The van der Waals surface area contributed by atoms with Crippen molar-refractivity contribution in [3.63, 3.8) is 0 Å². The number of carbonyl (C=O) groups is 1. The van der Waals surface area contributed by atoms with Crippen molar-refractivity contribution in [3.05, 3.63) is 40.4 Å². The summed E-state index contributed by atoms with van der Waals surface area (Å²) in [6, 6.07) is 3.31. The molecule has 0 fully saturated rings. The number of pyridine rings is 1. The quantitative estimate of drug-likeness (QED) is 0.455. The molecule has 0 radical (unpaired) electrons. The Morgan fingerprint density at radius 3 is 2.60 bits per heavy atom. The molecule has 0 aliphatic carbocycles. The van der Waals surface area contributed by atoms with Gasteiger partial charge in [-0.05, 0) is 18.9 Å². The zero-order valence-corrected chi connectivity index (χ0v) is 12.7. The van der Waals surface area contributed by atoms with Crippen LogP contribution in [0.5, 0.6) is 0 Å². The van der Waals surface area contributed by atoms with Crippen LogP contribution in [0.15, 0.2) is 18.2 Å². The molecule has 20 heavy (non-hydrogen) atoms. The van der Waals surface area contributed by atoms with Crippen LogP contribution >= 0.6 is 0 Å². The summed E-state index contributed by atoms with van der Waals surface area (Å²) in [6.45, 7) is 5.88. The minimum absolute atomic E-state index is 0.337. The van der Waals surface area contributed by atoms with Crippen molar-refractivity contribution in [2.75, 3.05) is 7.11 Å². The first-order chi connectivity index (χ1) is 9.56. The fourth-order valence-corrected chi connectivity index (χ4v) is 2.12. The number of carbonyl (C=O) groups excluding carboxylic acids is 1. The highest BCUT2D eigenvalue weighted by molar-refractivity contribution is 5.93. The van der Waals surface area contributed by atoms with E-state index in [1.807, 2.05) is 0 Å². The smallest absolute Gasteiger partial charge is 0.344 e. The molecule has 0 aliphatic rings. The largest absolute Gasteiger partial charge is 0.618 e. The highest BCUT2D eigenvalue weighted by Crippen LogP contribution is 2.22. The van der Waals surface area contributed by atoms with Crippen molar-refractivity contribution in [2.24, 2.45) is 0 Å². The number of nitrogens with zero attached hydrogens (tertiary/aromatic N) is 1. The van der Waals surface area contributed by atoms with Gasteiger partial charge in [-0.25, -0.2) is 4.79 Å². The summed E-state index contributed by atoms with van der Waals surface area (Å²) in [6.07, 6.45) is 5.65. The van der Waals surface area contributed by atoms with Gasteiger partial charge < -0.3 is 9.94 Å².